The Bertz CT molecular complexity index is 509. The third-order valence-corrected chi connectivity index (χ3v) is 3.99. The van der Waals surface area contributed by atoms with Crippen molar-refractivity contribution in [1.82, 2.24) is 4.90 Å². The quantitative estimate of drug-likeness (QED) is 0.816. The molecule has 0 aliphatic carbocycles. The number of rotatable bonds is 2. The topological polar surface area (TPSA) is 38.8 Å². The number of amides is 1. The maximum Gasteiger partial charge on any atom is 0.264 e. The lowest BCUT2D eigenvalue weighted by atomic mass is 9.86. The Labute approximate surface area is 112 Å². The molecule has 1 fully saturated rings. The summed E-state index contributed by atoms with van der Waals surface area (Å²) in [6, 6.07) is 8.01. The molecule has 1 saturated heterocycles. The maximum atomic E-state index is 12.2. The molecule has 0 N–H and O–H groups in total. The van der Waals surface area contributed by atoms with Crippen molar-refractivity contribution in [3.8, 4) is 5.75 Å². The summed E-state index contributed by atoms with van der Waals surface area (Å²) in [5, 5.41) is 0. The van der Waals surface area contributed by atoms with Crippen LogP contribution in [0.15, 0.2) is 36.6 Å². The van der Waals surface area contributed by atoms with Gasteiger partial charge in [-0.05, 0) is 30.2 Å². The highest BCUT2D eigenvalue weighted by Crippen LogP contribution is 2.38. The van der Waals surface area contributed by atoms with Crippen molar-refractivity contribution in [3.05, 3.63) is 42.2 Å². The van der Waals surface area contributed by atoms with Crippen LogP contribution in [0.2, 0.25) is 0 Å². The van der Waals surface area contributed by atoms with Gasteiger partial charge in [-0.15, -0.1) is 0 Å². The number of nitrogens with zero attached hydrogens (tertiary/aromatic N) is 1. The molecule has 0 radical (unpaired) electrons. The van der Waals surface area contributed by atoms with Gasteiger partial charge in [0, 0.05) is 13.0 Å². The van der Waals surface area contributed by atoms with E-state index in [4.69, 9.17) is 9.47 Å². The monoisotopic (exact) mass is 259 g/mol. The molecule has 100 valence electrons. The molecule has 19 heavy (non-hydrogen) atoms. The van der Waals surface area contributed by atoms with Gasteiger partial charge in [0.05, 0.1) is 19.4 Å². The first-order valence-corrected chi connectivity index (χ1v) is 6.43. The Hall–Kier alpha value is -1.97. The van der Waals surface area contributed by atoms with Gasteiger partial charge in [-0.2, -0.15) is 0 Å². The summed E-state index contributed by atoms with van der Waals surface area (Å²) in [5.41, 5.74) is 1.13. The molecule has 3 atom stereocenters. The van der Waals surface area contributed by atoms with E-state index < -0.39 is 0 Å². The van der Waals surface area contributed by atoms with Gasteiger partial charge in [-0.3, -0.25) is 4.79 Å². The van der Waals surface area contributed by atoms with Crippen molar-refractivity contribution in [3.63, 3.8) is 0 Å². The average Bonchev–Trinajstić information content (AvgIpc) is 2.91. The van der Waals surface area contributed by atoms with Crippen LogP contribution in [0, 0.1) is 5.92 Å². The molecule has 2 aliphatic rings. The number of benzene rings is 1. The Balaban J connectivity index is 1.86. The Morgan fingerprint density at radius 2 is 2.05 bits per heavy atom. The van der Waals surface area contributed by atoms with E-state index in [2.05, 4.69) is 0 Å². The van der Waals surface area contributed by atoms with Crippen molar-refractivity contribution >= 4 is 5.91 Å². The molecule has 4 heteroatoms. The summed E-state index contributed by atoms with van der Waals surface area (Å²) in [5.74, 6) is 1.08. The fourth-order valence-electron chi connectivity index (χ4n) is 2.83. The lowest BCUT2D eigenvalue weighted by Gasteiger charge is -2.38. The van der Waals surface area contributed by atoms with Gasteiger partial charge >= 0.3 is 0 Å². The van der Waals surface area contributed by atoms with Crippen molar-refractivity contribution in [2.75, 3.05) is 14.2 Å². The van der Waals surface area contributed by atoms with Crippen LogP contribution < -0.4 is 4.74 Å². The minimum Gasteiger partial charge on any atom is -0.497 e. The summed E-state index contributed by atoms with van der Waals surface area (Å²) >= 11 is 0. The molecule has 1 aromatic rings. The van der Waals surface area contributed by atoms with Crippen LogP contribution in [0.25, 0.3) is 0 Å². The molecule has 2 heterocycles. The smallest absolute Gasteiger partial charge is 0.264 e. The number of carbonyl (C=O) groups is 1. The highest BCUT2D eigenvalue weighted by atomic mass is 16.5. The summed E-state index contributed by atoms with van der Waals surface area (Å²) in [7, 11) is 3.49. The molecule has 0 saturated carbocycles. The summed E-state index contributed by atoms with van der Waals surface area (Å²) in [6.45, 7) is 0. The number of piperidine rings is 1. The van der Waals surface area contributed by atoms with Crippen LogP contribution in [0.1, 0.15) is 18.0 Å². The summed E-state index contributed by atoms with van der Waals surface area (Å²) in [6.07, 6.45) is 4.22. The first kappa shape index (κ1) is 12.1. The molecular formula is C15H17NO3. The number of methoxy groups -OCH3 is 1. The van der Waals surface area contributed by atoms with Crippen molar-refractivity contribution in [2.24, 2.45) is 5.92 Å². The van der Waals surface area contributed by atoms with Gasteiger partial charge in [-0.25, -0.2) is 0 Å². The van der Waals surface area contributed by atoms with Gasteiger partial charge in [0.2, 0.25) is 0 Å². The van der Waals surface area contributed by atoms with Crippen LogP contribution in [0.5, 0.6) is 5.75 Å². The second-order valence-corrected chi connectivity index (χ2v) is 5.02. The molecule has 4 nitrogen and oxygen atoms in total. The minimum atomic E-state index is -0.320. The third kappa shape index (κ3) is 1.97. The fourth-order valence-corrected chi connectivity index (χ4v) is 2.83. The lowest BCUT2D eigenvalue weighted by Crippen LogP contribution is -2.47. The summed E-state index contributed by atoms with van der Waals surface area (Å²) < 4.78 is 10.5. The number of likely N-dealkylation sites (N-methyl/N-ethyl adjacent to an activating group) is 1. The number of hydrogen-bond donors (Lipinski definition) is 0. The zero-order valence-electron chi connectivity index (χ0n) is 11.1. The molecule has 1 amide bonds. The first-order valence-electron chi connectivity index (χ1n) is 6.43. The van der Waals surface area contributed by atoms with E-state index in [1.54, 1.807) is 18.3 Å². The highest BCUT2D eigenvalue weighted by Gasteiger charge is 2.42. The van der Waals surface area contributed by atoms with Gasteiger partial charge < -0.3 is 14.4 Å². The first-order chi connectivity index (χ1) is 9.20. The number of hydrogen-bond acceptors (Lipinski definition) is 3. The van der Waals surface area contributed by atoms with Crippen LogP contribution in [0.3, 0.4) is 0 Å². The lowest BCUT2D eigenvalue weighted by molar-refractivity contribution is -0.147. The van der Waals surface area contributed by atoms with Crippen LogP contribution in [-0.4, -0.2) is 31.1 Å². The SMILES string of the molecule is COc1ccc([C@H]2C[C@H]3C=CO[C@@H]3C(=O)N2C)cc1. The van der Waals surface area contributed by atoms with Crippen LogP contribution in [0.4, 0.5) is 0 Å². The molecule has 2 aliphatic heterocycles. The molecule has 3 rings (SSSR count). The molecule has 0 spiro atoms. The zero-order chi connectivity index (χ0) is 13.4. The van der Waals surface area contributed by atoms with Gasteiger partial charge in [-0.1, -0.05) is 12.1 Å². The normalized spacial score (nSPS) is 29.1. The Kier molecular flexibility index (Phi) is 2.93. The van der Waals surface area contributed by atoms with Crippen molar-refractivity contribution in [1.29, 1.82) is 0 Å². The molecule has 1 aromatic carbocycles. The number of likely N-dealkylation sites (tertiary alicyclic amines) is 1. The molecule has 0 unspecified atom stereocenters. The highest BCUT2D eigenvalue weighted by molar-refractivity contribution is 5.83. The van der Waals surface area contributed by atoms with E-state index in [1.165, 1.54) is 0 Å². The van der Waals surface area contributed by atoms with Gasteiger partial charge in [0.1, 0.15) is 5.75 Å². The number of fused-ring (bicyclic) bond motifs is 1. The van der Waals surface area contributed by atoms with Gasteiger partial charge in [0.15, 0.2) is 6.10 Å². The standard InChI is InChI=1S/C15H17NO3/c1-16-13(10-3-5-12(18-2)6-4-10)9-11-7-8-19-14(11)15(16)17/h3-8,11,13-14H,9H2,1-2H3/t11-,13-,14+/m1/s1. The Morgan fingerprint density at radius 1 is 1.32 bits per heavy atom. The molecule has 0 bridgehead atoms. The minimum absolute atomic E-state index is 0.0575. The predicted molar refractivity (Wildman–Crippen MR) is 70.6 cm³/mol. The van der Waals surface area contributed by atoms with E-state index in [0.717, 1.165) is 17.7 Å². The van der Waals surface area contributed by atoms with Gasteiger partial charge in [0.25, 0.3) is 5.91 Å². The zero-order valence-corrected chi connectivity index (χ0v) is 11.1. The molecular weight excluding hydrogens is 242 g/mol. The Morgan fingerprint density at radius 3 is 2.74 bits per heavy atom. The predicted octanol–water partition coefficient (Wildman–Crippen LogP) is 2.13. The van der Waals surface area contributed by atoms with E-state index >= 15 is 0 Å². The van der Waals surface area contributed by atoms with E-state index in [1.807, 2.05) is 37.4 Å². The van der Waals surface area contributed by atoms with Crippen molar-refractivity contribution < 1.29 is 14.3 Å². The second-order valence-electron chi connectivity index (χ2n) is 5.02. The number of ether oxygens (including phenoxy) is 2. The summed E-state index contributed by atoms with van der Waals surface area (Å²) in [4.78, 5) is 14.0. The fraction of sp³-hybridized carbons (Fsp3) is 0.400. The van der Waals surface area contributed by atoms with Crippen LogP contribution >= 0.6 is 0 Å². The number of carbonyl (C=O) groups excluding carboxylic acids is 1. The maximum absolute atomic E-state index is 12.2. The average molecular weight is 259 g/mol. The van der Waals surface area contributed by atoms with E-state index in [0.29, 0.717) is 0 Å². The van der Waals surface area contributed by atoms with E-state index in [9.17, 15) is 4.79 Å². The third-order valence-electron chi connectivity index (χ3n) is 3.99. The van der Waals surface area contributed by atoms with E-state index in [-0.39, 0.29) is 24.0 Å². The molecule has 0 aromatic heterocycles. The van der Waals surface area contributed by atoms with Crippen molar-refractivity contribution in [2.45, 2.75) is 18.6 Å². The largest absolute Gasteiger partial charge is 0.497 e. The van der Waals surface area contributed by atoms with Crippen LogP contribution in [-0.2, 0) is 9.53 Å². The second kappa shape index (κ2) is 4.61.